The van der Waals surface area contributed by atoms with Gasteiger partial charge in [-0.05, 0) is 42.8 Å². The van der Waals surface area contributed by atoms with Crippen LogP contribution in [0.3, 0.4) is 0 Å². The van der Waals surface area contributed by atoms with Crippen molar-refractivity contribution in [1.82, 2.24) is 15.0 Å². The van der Waals surface area contributed by atoms with Crippen molar-refractivity contribution in [2.24, 2.45) is 0 Å². The van der Waals surface area contributed by atoms with Gasteiger partial charge < -0.3 is 4.42 Å². The highest BCUT2D eigenvalue weighted by atomic mass is 32.1. The quantitative estimate of drug-likeness (QED) is 0.331. The Labute approximate surface area is 170 Å². The van der Waals surface area contributed by atoms with E-state index in [1.165, 1.54) is 32.1 Å². The van der Waals surface area contributed by atoms with Crippen LogP contribution in [0.15, 0.2) is 78.0 Å². The van der Waals surface area contributed by atoms with Gasteiger partial charge in [0.1, 0.15) is 18.3 Å². The Morgan fingerprint density at radius 2 is 1.79 bits per heavy atom. The van der Waals surface area contributed by atoms with E-state index in [9.17, 15) is 0 Å². The van der Waals surface area contributed by atoms with E-state index in [1.54, 1.807) is 12.6 Å². The lowest BCUT2D eigenvalue weighted by Crippen LogP contribution is -1.91. The van der Waals surface area contributed by atoms with Crippen molar-refractivity contribution in [3.63, 3.8) is 0 Å². The summed E-state index contributed by atoms with van der Waals surface area (Å²) in [5, 5.41) is 3.61. The van der Waals surface area contributed by atoms with E-state index in [2.05, 4.69) is 59.4 Å². The van der Waals surface area contributed by atoms with Gasteiger partial charge >= 0.3 is 0 Å². The average molecular weight is 393 g/mol. The van der Waals surface area contributed by atoms with Crippen molar-refractivity contribution in [2.45, 2.75) is 6.92 Å². The number of oxazole rings is 1. The molecular formula is C24H15N3OS. The van der Waals surface area contributed by atoms with E-state index in [1.807, 2.05) is 23.5 Å². The molecule has 0 unspecified atom stereocenters. The van der Waals surface area contributed by atoms with Crippen molar-refractivity contribution < 1.29 is 4.42 Å². The molecule has 0 aliphatic heterocycles. The van der Waals surface area contributed by atoms with Gasteiger partial charge in [-0.3, -0.25) is 0 Å². The van der Waals surface area contributed by atoms with Gasteiger partial charge in [0.05, 0.1) is 11.2 Å². The predicted molar refractivity (Wildman–Crippen MR) is 118 cm³/mol. The molecule has 0 N–H and O–H groups in total. The highest BCUT2D eigenvalue weighted by molar-refractivity contribution is 7.26. The zero-order valence-corrected chi connectivity index (χ0v) is 16.4. The van der Waals surface area contributed by atoms with Crippen LogP contribution in [0.5, 0.6) is 0 Å². The molecule has 5 heteroatoms. The molecule has 0 saturated carbocycles. The summed E-state index contributed by atoms with van der Waals surface area (Å²) in [6.45, 7) is 2.14. The van der Waals surface area contributed by atoms with E-state index in [4.69, 9.17) is 9.40 Å². The second-order valence-corrected chi connectivity index (χ2v) is 8.17. The SMILES string of the molecule is Cc1cc(-c2ncnc3cc(-c4cocn4)ccc23)c2sc3ccccc3c2c1. The van der Waals surface area contributed by atoms with Crippen molar-refractivity contribution in [3.8, 4) is 22.5 Å². The molecular weight excluding hydrogens is 378 g/mol. The minimum absolute atomic E-state index is 0.800. The van der Waals surface area contributed by atoms with Gasteiger partial charge in [0.15, 0.2) is 6.39 Å². The van der Waals surface area contributed by atoms with Crippen LogP contribution in [0, 0.1) is 6.92 Å². The maximum absolute atomic E-state index is 5.12. The number of hydrogen-bond donors (Lipinski definition) is 0. The summed E-state index contributed by atoms with van der Waals surface area (Å²) in [4.78, 5) is 13.5. The first kappa shape index (κ1) is 16.4. The molecule has 0 amide bonds. The van der Waals surface area contributed by atoms with E-state index in [0.717, 1.165) is 33.4 Å². The van der Waals surface area contributed by atoms with Crippen LogP contribution in [-0.4, -0.2) is 15.0 Å². The molecule has 0 bridgehead atoms. The Morgan fingerprint density at radius 3 is 2.69 bits per heavy atom. The third kappa shape index (κ3) is 2.55. The summed E-state index contributed by atoms with van der Waals surface area (Å²) in [7, 11) is 0. The molecule has 0 saturated heterocycles. The van der Waals surface area contributed by atoms with Crippen LogP contribution < -0.4 is 0 Å². The fourth-order valence-corrected chi connectivity index (χ4v) is 5.13. The van der Waals surface area contributed by atoms with Gasteiger partial charge in [0.2, 0.25) is 0 Å². The lowest BCUT2D eigenvalue weighted by Gasteiger charge is -2.09. The maximum Gasteiger partial charge on any atom is 0.181 e. The average Bonchev–Trinajstić information content (AvgIpc) is 3.41. The van der Waals surface area contributed by atoms with Gasteiger partial charge in [0, 0.05) is 36.7 Å². The van der Waals surface area contributed by atoms with Crippen molar-refractivity contribution in [3.05, 3.63) is 79.1 Å². The Hall–Kier alpha value is -3.57. The van der Waals surface area contributed by atoms with E-state index < -0.39 is 0 Å². The lowest BCUT2D eigenvalue weighted by atomic mass is 10.00. The first-order chi connectivity index (χ1) is 14.3. The summed E-state index contributed by atoms with van der Waals surface area (Å²) in [5.74, 6) is 0. The van der Waals surface area contributed by atoms with Gasteiger partial charge in [-0.1, -0.05) is 24.3 Å². The van der Waals surface area contributed by atoms with Gasteiger partial charge in [-0.2, -0.15) is 0 Å². The van der Waals surface area contributed by atoms with Crippen LogP contribution in [0.25, 0.3) is 53.6 Å². The van der Waals surface area contributed by atoms with Crippen molar-refractivity contribution in [2.75, 3.05) is 0 Å². The molecule has 3 aromatic heterocycles. The van der Waals surface area contributed by atoms with Crippen LogP contribution in [0.1, 0.15) is 5.56 Å². The van der Waals surface area contributed by atoms with Crippen molar-refractivity contribution in [1.29, 1.82) is 0 Å². The summed E-state index contributed by atoms with van der Waals surface area (Å²) >= 11 is 1.82. The molecule has 138 valence electrons. The number of fused-ring (bicyclic) bond motifs is 4. The molecule has 0 atom stereocenters. The number of rotatable bonds is 2. The van der Waals surface area contributed by atoms with Crippen LogP contribution >= 0.6 is 11.3 Å². The highest BCUT2D eigenvalue weighted by Gasteiger charge is 2.15. The molecule has 6 aromatic rings. The van der Waals surface area contributed by atoms with E-state index in [-0.39, 0.29) is 0 Å². The minimum Gasteiger partial charge on any atom is -0.451 e. The van der Waals surface area contributed by atoms with Crippen LogP contribution in [-0.2, 0) is 0 Å². The topological polar surface area (TPSA) is 51.8 Å². The van der Waals surface area contributed by atoms with Gasteiger partial charge in [-0.15, -0.1) is 11.3 Å². The number of thiophene rings is 1. The summed E-state index contributed by atoms with van der Waals surface area (Å²) < 4.78 is 7.68. The predicted octanol–water partition coefficient (Wildman–Crippen LogP) is 6.63. The van der Waals surface area contributed by atoms with Crippen LogP contribution in [0.2, 0.25) is 0 Å². The van der Waals surface area contributed by atoms with E-state index >= 15 is 0 Å². The second-order valence-electron chi connectivity index (χ2n) is 7.12. The number of benzene rings is 3. The first-order valence-corrected chi connectivity index (χ1v) is 10.2. The minimum atomic E-state index is 0.800. The number of aryl methyl sites for hydroxylation is 1. The monoisotopic (exact) mass is 393 g/mol. The standard InChI is InChI=1S/C24H15N3OS/c1-14-8-18-16-4-2-3-5-22(16)29-24(18)19(9-14)23-17-7-6-15(21-11-28-13-27-21)10-20(17)25-12-26-23/h2-13H,1H3. The fraction of sp³-hybridized carbons (Fsp3) is 0.0417. The molecule has 3 aromatic carbocycles. The molecule has 4 nitrogen and oxygen atoms in total. The fourth-order valence-electron chi connectivity index (χ4n) is 3.93. The first-order valence-electron chi connectivity index (χ1n) is 9.33. The summed E-state index contributed by atoms with van der Waals surface area (Å²) in [6.07, 6.45) is 4.73. The normalized spacial score (nSPS) is 11.6. The smallest absolute Gasteiger partial charge is 0.181 e. The Bertz CT molecular complexity index is 1520. The van der Waals surface area contributed by atoms with Crippen molar-refractivity contribution >= 4 is 42.4 Å². The number of hydrogen-bond acceptors (Lipinski definition) is 5. The maximum atomic E-state index is 5.12. The van der Waals surface area contributed by atoms with Gasteiger partial charge in [-0.25, -0.2) is 15.0 Å². The Kier molecular flexibility index (Phi) is 3.52. The lowest BCUT2D eigenvalue weighted by molar-refractivity contribution is 0.558. The zero-order chi connectivity index (χ0) is 19.4. The molecule has 0 aliphatic carbocycles. The van der Waals surface area contributed by atoms with Crippen LogP contribution in [0.4, 0.5) is 0 Å². The molecule has 3 heterocycles. The Morgan fingerprint density at radius 1 is 0.862 bits per heavy atom. The third-order valence-electron chi connectivity index (χ3n) is 5.24. The molecule has 6 rings (SSSR count). The largest absolute Gasteiger partial charge is 0.451 e. The molecule has 29 heavy (non-hydrogen) atoms. The molecule has 0 fully saturated rings. The third-order valence-corrected chi connectivity index (χ3v) is 6.46. The number of nitrogens with zero attached hydrogens (tertiary/aromatic N) is 3. The zero-order valence-electron chi connectivity index (χ0n) is 15.6. The van der Waals surface area contributed by atoms with E-state index in [0.29, 0.717) is 0 Å². The Balaban J connectivity index is 1.65. The highest BCUT2D eigenvalue weighted by Crippen LogP contribution is 2.41. The molecule has 0 spiro atoms. The van der Waals surface area contributed by atoms with Gasteiger partial charge in [0.25, 0.3) is 0 Å². The molecule has 0 radical (unpaired) electrons. The second kappa shape index (κ2) is 6.22. The number of aromatic nitrogens is 3. The summed E-state index contributed by atoms with van der Waals surface area (Å²) in [6, 6.07) is 19.2. The molecule has 0 aliphatic rings. The summed E-state index contributed by atoms with van der Waals surface area (Å²) in [5.41, 5.74) is 6.01.